The van der Waals surface area contributed by atoms with Crippen LogP contribution < -0.4 is 16.0 Å². The molecule has 1 fully saturated rings. The van der Waals surface area contributed by atoms with Gasteiger partial charge in [0.05, 0.1) is 5.69 Å². The van der Waals surface area contributed by atoms with Gasteiger partial charge in [-0.05, 0) is 19.8 Å². The van der Waals surface area contributed by atoms with Crippen molar-refractivity contribution < 1.29 is 4.79 Å². The Balaban J connectivity index is 1.40. The van der Waals surface area contributed by atoms with Crippen LogP contribution in [0.1, 0.15) is 34.8 Å². The van der Waals surface area contributed by atoms with E-state index in [4.69, 9.17) is 5.73 Å². The highest BCUT2D eigenvalue weighted by molar-refractivity contribution is 5.92. The summed E-state index contributed by atoms with van der Waals surface area (Å²) in [5, 5.41) is 7.52. The number of hydrogen-bond acceptors (Lipinski definition) is 5. The monoisotopic (exact) mass is 343 g/mol. The van der Waals surface area contributed by atoms with Gasteiger partial charge in [-0.25, -0.2) is 4.98 Å². The summed E-state index contributed by atoms with van der Waals surface area (Å²) in [6, 6.07) is 2.36. The highest BCUT2D eigenvalue weighted by Gasteiger charge is 2.27. The normalized spacial score (nSPS) is 22.9. The van der Waals surface area contributed by atoms with E-state index in [1.165, 1.54) is 0 Å². The maximum Gasteiger partial charge on any atom is 0.271 e. The third-order valence-electron chi connectivity index (χ3n) is 5.09. The molecule has 25 heavy (non-hydrogen) atoms. The first kappa shape index (κ1) is 16.1. The minimum Gasteiger partial charge on any atom is -0.355 e. The number of hydrogen-bond donors (Lipinski definition) is 2. The van der Waals surface area contributed by atoms with Crippen LogP contribution in [0.4, 0.5) is 5.82 Å². The first-order valence-electron chi connectivity index (χ1n) is 8.87. The van der Waals surface area contributed by atoms with E-state index in [1.807, 2.05) is 29.4 Å². The number of imidazole rings is 1. The van der Waals surface area contributed by atoms with E-state index in [1.54, 1.807) is 0 Å². The predicted molar refractivity (Wildman–Crippen MR) is 94.6 cm³/mol. The lowest BCUT2D eigenvalue weighted by molar-refractivity contribution is 0.0935. The molecule has 134 valence electrons. The molecule has 8 heteroatoms. The summed E-state index contributed by atoms with van der Waals surface area (Å²) in [5.74, 6) is 1.97. The second-order valence-corrected chi connectivity index (χ2v) is 7.17. The van der Waals surface area contributed by atoms with Crippen molar-refractivity contribution in [2.24, 2.45) is 12.8 Å². The van der Waals surface area contributed by atoms with E-state index in [0.717, 1.165) is 56.2 Å². The number of aryl methyl sites for hydroxylation is 3. The zero-order chi connectivity index (χ0) is 17.6. The fraction of sp³-hybridized carbons (Fsp3) is 0.588. The van der Waals surface area contributed by atoms with Crippen molar-refractivity contribution in [2.75, 3.05) is 18.0 Å². The van der Waals surface area contributed by atoms with Crippen molar-refractivity contribution in [3.63, 3.8) is 0 Å². The van der Waals surface area contributed by atoms with Crippen molar-refractivity contribution in [2.45, 2.75) is 44.8 Å². The smallest absolute Gasteiger partial charge is 0.271 e. The number of fused-ring (bicyclic) bond motifs is 1. The van der Waals surface area contributed by atoms with E-state index in [9.17, 15) is 4.79 Å². The van der Waals surface area contributed by atoms with Gasteiger partial charge in [0.25, 0.3) is 5.91 Å². The minimum atomic E-state index is -0.0940. The number of aromatic nitrogens is 4. The van der Waals surface area contributed by atoms with E-state index in [0.29, 0.717) is 5.69 Å². The van der Waals surface area contributed by atoms with Crippen LogP contribution in [-0.4, -0.2) is 50.4 Å². The molecule has 0 aliphatic carbocycles. The van der Waals surface area contributed by atoms with Gasteiger partial charge in [-0.3, -0.25) is 9.48 Å². The quantitative estimate of drug-likeness (QED) is 0.831. The predicted octanol–water partition coefficient (Wildman–Crippen LogP) is 0.207. The van der Waals surface area contributed by atoms with Crippen LogP contribution in [0.5, 0.6) is 0 Å². The summed E-state index contributed by atoms with van der Waals surface area (Å²) in [5.41, 5.74) is 7.49. The first-order chi connectivity index (χ1) is 12.0. The van der Waals surface area contributed by atoms with Crippen LogP contribution in [0.2, 0.25) is 0 Å². The van der Waals surface area contributed by atoms with Crippen LogP contribution in [0.15, 0.2) is 12.3 Å². The van der Waals surface area contributed by atoms with Crippen LogP contribution in [-0.2, 0) is 20.0 Å². The van der Waals surface area contributed by atoms with Gasteiger partial charge in [-0.2, -0.15) is 5.10 Å². The average molecular weight is 343 g/mol. The molecule has 0 bridgehead atoms. The molecule has 2 aromatic rings. The Morgan fingerprint density at radius 3 is 2.96 bits per heavy atom. The first-order valence-corrected chi connectivity index (χ1v) is 8.87. The van der Waals surface area contributed by atoms with Crippen LogP contribution >= 0.6 is 0 Å². The second kappa shape index (κ2) is 6.18. The molecule has 2 aliphatic rings. The summed E-state index contributed by atoms with van der Waals surface area (Å²) in [7, 11) is 1.95. The maximum atomic E-state index is 12.6. The summed E-state index contributed by atoms with van der Waals surface area (Å²) in [6.45, 7) is 4.44. The number of anilines is 1. The number of nitrogens with two attached hydrogens (primary N) is 1. The van der Waals surface area contributed by atoms with Crippen LogP contribution in [0, 0.1) is 6.92 Å². The molecule has 2 aliphatic heterocycles. The Labute approximate surface area is 147 Å². The molecule has 4 rings (SSSR count). The SMILES string of the molecule is Cc1cc(N2CCC(NC(=O)c3cn4c(n3)CCC(N)C4)C2)n(C)n1. The molecular formula is C17H25N7O. The molecule has 0 radical (unpaired) electrons. The maximum absolute atomic E-state index is 12.6. The number of rotatable bonds is 3. The van der Waals surface area contributed by atoms with Crippen molar-refractivity contribution in [3.8, 4) is 0 Å². The lowest BCUT2D eigenvalue weighted by Crippen LogP contribution is -2.37. The van der Waals surface area contributed by atoms with Crippen molar-refractivity contribution >= 4 is 11.7 Å². The molecule has 8 nitrogen and oxygen atoms in total. The molecule has 3 N–H and O–H groups in total. The topological polar surface area (TPSA) is 94.0 Å². The average Bonchev–Trinajstić information content (AvgIpc) is 3.25. The zero-order valence-corrected chi connectivity index (χ0v) is 14.8. The highest BCUT2D eigenvalue weighted by atomic mass is 16.2. The third-order valence-corrected chi connectivity index (χ3v) is 5.09. The van der Waals surface area contributed by atoms with Crippen molar-refractivity contribution in [1.82, 2.24) is 24.6 Å². The molecule has 1 amide bonds. The standard InChI is InChI=1S/C17H25N7O/c1-11-7-16(22(2)21-11)23-6-5-13(9-23)19-17(25)14-10-24-8-12(18)3-4-15(24)20-14/h7,10,12-13H,3-6,8-9,18H2,1-2H3,(H,19,25). The molecule has 0 aromatic carbocycles. The molecule has 2 aromatic heterocycles. The number of carbonyl (C=O) groups excluding carboxylic acids is 1. The van der Waals surface area contributed by atoms with E-state index >= 15 is 0 Å². The molecule has 2 unspecified atom stereocenters. The fourth-order valence-corrected chi connectivity index (χ4v) is 3.82. The summed E-state index contributed by atoms with van der Waals surface area (Å²) in [6.07, 6.45) is 4.53. The second-order valence-electron chi connectivity index (χ2n) is 7.17. The van der Waals surface area contributed by atoms with Gasteiger partial charge in [0.1, 0.15) is 17.3 Å². The molecule has 1 saturated heterocycles. The molecule has 0 saturated carbocycles. The molecule has 4 heterocycles. The Bertz CT molecular complexity index is 793. The van der Waals surface area contributed by atoms with Gasteiger partial charge in [0.15, 0.2) is 0 Å². The summed E-state index contributed by atoms with van der Waals surface area (Å²) >= 11 is 0. The number of carbonyl (C=O) groups is 1. The lowest BCUT2D eigenvalue weighted by atomic mass is 10.1. The van der Waals surface area contributed by atoms with E-state index in [-0.39, 0.29) is 18.0 Å². The molecule has 0 spiro atoms. The van der Waals surface area contributed by atoms with Crippen LogP contribution in [0.25, 0.3) is 0 Å². The lowest BCUT2D eigenvalue weighted by Gasteiger charge is -2.19. The van der Waals surface area contributed by atoms with Crippen molar-refractivity contribution in [1.29, 1.82) is 0 Å². The zero-order valence-electron chi connectivity index (χ0n) is 14.8. The van der Waals surface area contributed by atoms with Crippen molar-refractivity contribution in [3.05, 3.63) is 29.5 Å². The Morgan fingerprint density at radius 1 is 1.36 bits per heavy atom. The third kappa shape index (κ3) is 3.13. The van der Waals surface area contributed by atoms with Gasteiger partial charge in [0, 0.05) is 57.4 Å². The Kier molecular flexibility index (Phi) is 3.99. The molecule has 2 atom stereocenters. The largest absolute Gasteiger partial charge is 0.355 e. The van der Waals surface area contributed by atoms with E-state index < -0.39 is 0 Å². The minimum absolute atomic E-state index is 0.0940. The summed E-state index contributed by atoms with van der Waals surface area (Å²) in [4.78, 5) is 19.3. The summed E-state index contributed by atoms with van der Waals surface area (Å²) < 4.78 is 3.91. The highest BCUT2D eigenvalue weighted by Crippen LogP contribution is 2.21. The fourth-order valence-electron chi connectivity index (χ4n) is 3.82. The molecular weight excluding hydrogens is 318 g/mol. The van der Waals surface area contributed by atoms with E-state index in [2.05, 4.69) is 26.4 Å². The number of nitrogens with one attached hydrogen (secondary N) is 1. The van der Waals surface area contributed by atoms with Gasteiger partial charge < -0.3 is 20.5 Å². The Morgan fingerprint density at radius 2 is 2.20 bits per heavy atom. The van der Waals surface area contributed by atoms with Gasteiger partial charge >= 0.3 is 0 Å². The number of nitrogens with zero attached hydrogens (tertiary/aromatic N) is 5. The van der Waals surface area contributed by atoms with Gasteiger partial charge in [-0.15, -0.1) is 0 Å². The Hall–Kier alpha value is -2.35. The number of amides is 1. The van der Waals surface area contributed by atoms with Gasteiger partial charge in [-0.1, -0.05) is 0 Å². The van der Waals surface area contributed by atoms with Gasteiger partial charge in [0.2, 0.25) is 0 Å². The van der Waals surface area contributed by atoms with Crippen LogP contribution in [0.3, 0.4) is 0 Å².